The largest absolute Gasteiger partial charge is 0.481 e. The molecule has 0 atom stereocenters. The van der Waals surface area contributed by atoms with Gasteiger partial charge in [0.1, 0.15) is 0 Å². The summed E-state index contributed by atoms with van der Waals surface area (Å²) in [6.07, 6.45) is 0.822. The lowest BCUT2D eigenvalue weighted by Gasteiger charge is -2.18. The van der Waals surface area contributed by atoms with Crippen LogP contribution in [0.5, 0.6) is 0 Å². The molecule has 102 valence electrons. The number of carboxylic acid groups (broad SMARTS) is 1. The maximum atomic E-state index is 11.7. The first-order valence-electron chi connectivity index (χ1n) is 5.56. The minimum absolute atomic E-state index is 0.0994. The third-order valence-electron chi connectivity index (χ3n) is 2.35. The highest BCUT2D eigenvalue weighted by molar-refractivity contribution is 7.89. The number of carbonyl (C=O) groups is 1. The Morgan fingerprint density at radius 2 is 1.71 bits per heavy atom. The van der Waals surface area contributed by atoms with E-state index in [2.05, 4.69) is 0 Å². The highest BCUT2D eigenvalue weighted by Crippen LogP contribution is 2.03. The van der Waals surface area contributed by atoms with Gasteiger partial charge >= 0.3 is 5.97 Å². The molecule has 0 aromatic rings. The number of aliphatic carboxylic acids is 1. The molecule has 0 unspecified atom stereocenters. The molecule has 0 heterocycles. The van der Waals surface area contributed by atoms with Crippen LogP contribution in [-0.2, 0) is 14.8 Å². The topological polar surface area (TPSA) is 77.9 Å². The molecule has 0 saturated carbocycles. The number of carboxylic acids is 1. The molecule has 0 spiro atoms. The molecule has 0 aliphatic carbocycles. The Kier molecular flexibility index (Phi) is 7.33. The first-order chi connectivity index (χ1) is 7.75. The van der Waals surface area contributed by atoms with Crippen molar-refractivity contribution in [3.63, 3.8) is 0 Å². The zero-order chi connectivity index (χ0) is 13.5. The van der Waals surface area contributed by atoms with Crippen molar-refractivity contribution in [2.45, 2.75) is 19.3 Å². The van der Waals surface area contributed by atoms with Crippen LogP contribution in [-0.4, -0.2) is 68.7 Å². The smallest absolute Gasteiger partial charge is 0.303 e. The third-order valence-corrected chi connectivity index (χ3v) is 4.28. The molecule has 0 aliphatic heterocycles. The minimum atomic E-state index is -3.30. The van der Waals surface area contributed by atoms with Crippen molar-refractivity contribution >= 4 is 16.0 Å². The zero-order valence-electron chi connectivity index (χ0n) is 10.7. The summed E-state index contributed by atoms with van der Waals surface area (Å²) in [7, 11) is 2.09. The molecule has 0 bridgehead atoms. The highest BCUT2D eigenvalue weighted by atomic mass is 32.2. The minimum Gasteiger partial charge on any atom is -0.481 e. The van der Waals surface area contributed by atoms with E-state index >= 15 is 0 Å². The summed E-state index contributed by atoms with van der Waals surface area (Å²) in [6.45, 7) is 1.29. The van der Waals surface area contributed by atoms with Gasteiger partial charge in [-0.2, -0.15) is 0 Å². The van der Waals surface area contributed by atoms with Crippen LogP contribution in [0.1, 0.15) is 19.3 Å². The molecule has 0 rings (SSSR count). The Morgan fingerprint density at radius 1 is 1.12 bits per heavy atom. The number of hydrogen-bond donors (Lipinski definition) is 1. The van der Waals surface area contributed by atoms with Crippen LogP contribution < -0.4 is 0 Å². The number of nitrogens with zero attached hydrogens (tertiary/aromatic N) is 2. The number of sulfonamides is 1. The summed E-state index contributed by atoms with van der Waals surface area (Å²) in [4.78, 5) is 12.3. The fourth-order valence-corrected chi connectivity index (χ4v) is 2.54. The van der Waals surface area contributed by atoms with Crippen LogP contribution in [0.4, 0.5) is 0 Å². The lowest BCUT2D eigenvalue weighted by atomic mass is 10.3. The van der Waals surface area contributed by atoms with Crippen molar-refractivity contribution in [2.24, 2.45) is 0 Å². The lowest BCUT2D eigenvalue weighted by molar-refractivity contribution is -0.137. The Morgan fingerprint density at radius 3 is 2.18 bits per heavy atom. The molecule has 6 nitrogen and oxygen atoms in total. The molecule has 0 radical (unpaired) electrons. The Balaban J connectivity index is 3.99. The first-order valence-corrected chi connectivity index (χ1v) is 7.17. The average Bonchev–Trinajstić information content (AvgIpc) is 2.15. The highest BCUT2D eigenvalue weighted by Gasteiger charge is 2.17. The summed E-state index contributed by atoms with van der Waals surface area (Å²) >= 11 is 0. The molecule has 0 fully saturated rings. The van der Waals surface area contributed by atoms with E-state index in [1.165, 1.54) is 11.4 Å². The molecular weight excluding hydrogens is 244 g/mol. The molecule has 0 saturated heterocycles. The van der Waals surface area contributed by atoms with Crippen LogP contribution in [0.25, 0.3) is 0 Å². The van der Waals surface area contributed by atoms with E-state index < -0.39 is 16.0 Å². The van der Waals surface area contributed by atoms with Gasteiger partial charge < -0.3 is 10.0 Å². The van der Waals surface area contributed by atoms with Crippen molar-refractivity contribution < 1.29 is 18.3 Å². The predicted octanol–water partition coefficient (Wildman–Crippen LogP) is 0.0645. The Bertz CT molecular complexity index is 327. The van der Waals surface area contributed by atoms with Gasteiger partial charge in [0, 0.05) is 20.0 Å². The summed E-state index contributed by atoms with van der Waals surface area (Å²) in [5, 5.41) is 8.44. The van der Waals surface area contributed by atoms with Crippen LogP contribution in [0, 0.1) is 0 Å². The molecule has 0 aromatic heterocycles. The van der Waals surface area contributed by atoms with E-state index in [0.717, 1.165) is 13.0 Å². The average molecular weight is 266 g/mol. The third kappa shape index (κ3) is 8.12. The van der Waals surface area contributed by atoms with Gasteiger partial charge in [-0.25, -0.2) is 12.7 Å². The van der Waals surface area contributed by atoms with Gasteiger partial charge in [-0.3, -0.25) is 4.79 Å². The fraction of sp³-hybridized carbons (Fsp3) is 0.900. The van der Waals surface area contributed by atoms with E-state index in [4.69, 9.17) is 5.11 Å². The number of hydrogen-bond acceptors (Lipinski definition) is 4. The Labute approximate surface area is 103 Å². The van der Waals surface area contributed by atoms with E-state index in [1.807, 2.05) is 19.0 Å². The molecule has 7 heteroatoms. The summed E-state index contributed by atoms with van der Waals surface area (Å²) < 4.78 is 24.7. The van der Waals surface area contributed by atoms with Crippen molar-refractivity contribution in [1.29, 1.82) is 0 Å². The fourth-order valence-electron chi connectivity index (χ4n) is 1.31. The van der Waals surface area contributed by atoms with Gasteiger partial charge in [-0.15, -0.1) is 0 Å². The van der Waals surface area contributed by atoms with E-state index in [9.17, 15) is 13.2 Å². The summed E-state index contributed by atoms with van der Waals surface area (Å²) in [5.74, 6) is -1.06. The molecule has 1 N–H and O–H groups in total. The second-order valence-corrected chi connectivity index (χ2v) is 6.49. The quantitative estimate of drug-likeness (QED) is 0.639. The summed E-state index contributed by atoms with van der Waals surface area (Å²) in [6, 6.07) is 0. The van der Waals surface area contributed by atoms with Gasteiger partial charge in [-0.05, 0) is 33.5 Å². The van der Waals surface area contributed by atoms with Crippen molar-refractivity contribution in [3.05, 3.63) is 0 Å². The molecule has 0 aromatic carbocycles. The van der Waals surface area contributed by atoms with Crippen LogP contribution >= 0.6 is 0 Å². The maximum Gasteiger partial charge on any atom is 0.303 e. The maximum absolute atomic E-state index is 11.7. The van der Waals surface area contributed by atoms with Crippen molar-refractivity contribution in [1.82, 2.24) is 9.21 Å². The molecule has 0 amide bonds. The standard InChI is InChI=1S/C10H22N2O4S/c1-11(2)7-5-8-12(3)17(15,16)9-4-6-10(13)14/h4-9H2,1-3H3,(H,13,14). The second kappa shape index (κ2) is 7.62. The number of rotatable bonds is 9. The summed E-state index contributed by atoms with van der Waals surface area (Å²) in [5.41, 5.74) is 0. The van der Waals surface area contributed by atoms with Crippen LogP contribution in [0.15, 0.2) is 0 Å². The predicted molar refractivity (Wildman–Crippen MR) is 66.5 cm³/mol. The van der Waals surface area contributed by atoms with Gasteiger partial charge in [0.15, 0.2) is 0 Å². The zero-order valence-corrected chi connectivity index (χ0v) is 11.5. The monoisotopic (exact) mass is 266 g/mol. The van der Waals surface area contributed by atoms with Gasteiger partial charge in [0.2, 0.25) is 10.0 Å². The van der Waals surface area contributed by atoms with Gasteiger partial charge in [0.25, 0.3) is 0 Å². The lowest BCUT2D eigenvalue weighted by Crippen LogP contribution is -2.31. The van der Waals surface area contributed by atoms with Gasteiger partial charge in [-0.1, -0.05) is 0 Å². The van der Waals surface area contributed by atoms with Crippen molar-refractivity contribution in [2.75, 3.05) is 40.0 Å². The normalized spacial score (nSPS) is 12.3. The van der Waals surface area contributed by atoms with E-state index in [0.29, 0.717) is 6.54 Å². The van der Waals surface area contributed by atoms with Crippen molar-refractivity contribution in [3.8, 4) is 0 Å². The SMILES string of the molecule is CN(C)CCCN(C)S(=O)(=O)CCCC(=O)O. The van der Waals surface area contributed by atoms with Gasteiger partial charge in [0.05, 0.1) is 5.75 Å². The van der Waals surface area contributed by atoms with Crippen LogP contribution in [0.3, 0.4) is 0 Å². The molecular formula is C10H22N2O4S. The van der Waals surface area contributed by atoms with E-state index in [1.54, 1.807) is 0 Å². The molecule has 17 heavy (non-hydrogen) atoms. The van der Waals surface area contributed by atoms with E-state index in [-0.39, 0.29) is 18.6 Å². The first kappa shape index (κ1) is 16.3. The Hall–Kier alpha value is -0.660. The molecule has 0 aliphatic rings. The van der Waals surface area contributed by atoms with Crippen LogP contribution in [0.2, 0.25) is 0 Å². The second-order valence-electron chi connectivity index (χ2n) is 4.29.